The van der Waals surface area contributed by atoms with Crippen molar-refractivity contribution in [3.05, 3.63) is 72.8 Å². The van der Waals surface area contributed by atoms with Crippen LogP contribution in [0.2, 0.25) is 0 Å². The quantitative estimate of drug-likeness (QED) is 0.446. The summed E-state index contributed by atoms with van der Waals surface area (Å²) in [5, 5.41) is 14.6. The fraction of sp³-hybridized carbons (Fsp3) is 0.0455. The Morgan fingerprint density at radius 3 is 1.88 bits per heavy atom. The molecule has 25 heavy (non-hydrogen) atoms. The molecule has 0 aromatic heterocycles. The lowest BCUT2D eigenvalue weighted by Crippen LogP contribution is -1.99. The van der Waals surface area contributed by atoms with E-state index in [1.54, 1.807) is 13.0 Å². The first kappa shape index (κ1) is 15.6. The molecule has 4 aromatic rings. The van der Waals surface area contributed by atoms with Crippen molar-refractivity contribution < 1.29 is 9.84 Å². The molecule has 4 rings (SSSR count). The summed E-state index contributed by atoms with van der Waals surface area (Å²) < 4.78 is 5.72. The third kappa shape index (κ3) is 2.73. The summed E-state index contributed by atoms with van der Waals surface area (Å²) in [5.74, 6) is 1.05. The largest absolute Gasteiger partial charge is 0.507 e. The Bertz CT molecular complexity index is 1120. The van der Waals surface area contributed by atoms with Crippen LogP contribution in [0.1, 0.15) is 6.92 Å². The van der Waals surface area contributed by atoms with E-state index in [9.17, 15) is 5.11 Å². The first-order valence-corrected chi connectivity index (χ1v) is 8.47. The minimum Gasteiger partial charge on any atom is -0.507 e. The van der Waals surface area contributed by atoms with Gasteiger partial charge in [0.15, 0.2) is 5.05 Å². The van der Waals surface area contributed by atoms with Crippen LogP contribution in [0.5, 0.6) is 11.5 Å². The van der Waals surface area contributed by atoms with E-state index in [-0.39, 0.29) is 0 Å². The Morgan fingerprint density at radius 1 is 0.720 bits per heavy atom. The summed E-state index contributed by atoms with van der Waals surface area (Å²) in [6.07, 6.45) is 0. The van der Waals surface area contributed by atoms with Gasteiger partial charge in [0.05, 0.1) is 0 Å². The minimum atomic E-state index is 0.292. The number of phenolic OH excluding ortho intramolecular Hbond substituents is 1. The fourth-order valence-corrected chi connectivity index (χ4v) is 3.36. The van der Waals surface area contributed by atoms with E-state index in [2.05, 4.69) is 12.1 Å². The second-order valence-electron chi connectivity index (χ2n) is 5.93. The lowest BCUT2D eigenvalue weighted by atomic mass is 9.93. The van der Waals surface area contributed by atoms with Crippen LogP contribution < -0.4 is 4.74 Å². The van der Waals surface area contributed by atoms with Gasteiger partial charge in [-0.15, -0.1) is 0 Å². The molecule has 0 radical (unpaired) electrons. The van der Waals surface area contributed by atoms with E-state index in [1.165, 1.54) is 0 Å². The molecular formula is C22H16O2S. The molecule has 0 bridgehead atoms. The van der Waals surface area contributed by atoms with Crippen LogP contribution in [0.25, 0.3) is 32.7 Å². The number of fused-ring (bicyclic) bond motifs is 2. The molecule has 0 heterocycles. The predicted octanol–water partition coefficient (Wildman–Crippen LogP) is 6.09. The molecule has 4 aromatic carbocycles. The number of hydrogen-bond donors (Lipinski definition) is 1. The van der Waals surface area contributed by atoms with E-state index in [0.29, 0.717) is 10.8 Å². The zero-order valence-electron chi connectivity index (χ0n) is 13.7. The Labute approximate surface area is 151 Å². The third-order valence-electron chi connectivity index (χ3n) is 4.33. The average molecular weight is 344 g/mol. The van der Waals surface area contributed by atoms with Gasteiger partial charge in [0.1, 0.15) is 11.5 Å². The average Bonchev–Trinajstić information content (AvgIpc) is 2.63. The first-order chi connectivity index (χ1) is 12.1. The maximum atomic E-state index is 10.2. The van der Waals surface area contributed by atoms with Crippen molar-refractivity contribution in [2.75, 3.05) is 0 Å². The van der Waals surface area contributed by atoms with Gasteiger partial charge >= 0.3 is 0 Å². The lowest BCUT2D eigenvalue weighted by molar-refractivity contribution is 0.481. The molecule has 1 N–H and O–H groups in total. The van der Waals surface area contributed by atoms with Gasteiger partial charge in [0.25, 0.3) is 0 Å². The molecule has 2 nitrogen and oxygen atoms in total. The van der Waals surface area contributed by atoms with Crippen molar-refractivity contribution in [1.82, 2.24) is 0 Å². The zero-order valence-corrected chi connectivity index (χ0v) is 14.5. The van der Waals surface area contributed by atoms with Crippen LogP contribution in [0.15, 0.2) is 72.8 Å². The van der Waals surface area contributed by atoms with Gasteiger partial charge in [-0.05, 0) is 46.2 Å². The number of phenols is 1. The van der Waals surface area contributed by atoms with E-state index >= 15 is 0 Å². The van der Waals surface area contributed by atoms with Gasteiger partial charge in [0.2, 0.25) is 0 Å². The summed E-state index contributed by atoms with van der Waals surface area (Å²) in [6, 6.07) is 23.7. The van der Waals surface area contributed by atoms with Gasteiger partial charge in [-0.25, -0.2) is 0 Å². The molecule has 0 saturated carbocycles. The van der Waals surface area contributed by atoms with Crippen molar-refractivity contribution in [3.63, 3.8) is 0 Å². The number of aromatic hydroxyl groups is 1. The highest BCUT2D eigenvalue weighted by Gasteiger charge is 2.12. The van der Waals surface area contributed by atoms with Crippen molar-refractivity contribution in [3.8, 4) is 22.6 Å². The van der Waals surface area contributed by atoms with Crippen LogP contribution >= 0.6 is 12.2 Å². The normalized spacial score (nSPS) is 10.9. The minimum absolute atomic E-state index is 0.292. The number of ether oxygens (including phenoxy) is 1. The Hall–Kier alpha value is -2.91. The van der Waals surface area contributed by atoms with Gasteiger partial charge in [-0.3, -0.25) is 0 Å². The smallest absolute Gasteiger partial charge is 0.164 e. The maximum absolute atomic E-state index is 10.2. The molecule has 0 amide bonds. The molecule has 3 heteroatoms. The monoisotopic (exact) mass is 344 g/mol. The molecule has 0 spiro atoms. The number of thiocarbonyl (C=S) groups is 1. The van der Waals surface area contributed by atoms with Crippen LogP contribution in [-0.2, 0) is 0 Å². The Morgan fingerprint density at radius 2 is 1.24 bits per heavy atom. The summed E-state index contributed by atoms with van der Waals surface area (Å²) in [4.78, 5) is 0. The molecule has 0 saturated heterocycles. The summed E-state index contributed by atoms with van der Waals surface area (Å²) in [5.41, 5.74) is 2.18. The highest BCUT2D eigenvalue weighted by molar-refractivity contribution is 7.80. The number of rotatable bonds is 2. The SMILES string of the molecule is CC(=S)Oc1ccc(-c2ccc(O)c3ccccc23)c2ccccc12. The second-order valence-corrected chi connectivity index (χ2v) is 6.50. The van der Waals surface area contributed by atoms with Crippen molar-refractivity contribution in [1.29, 1.82) is 0 Å². The summed E-state index contributed by atoms with van der Waals surface area (Å²) in [7, 11) is 0. The Kier molecular flexibility index (Phi) is 3.86. The van der Waals surface area contributed by atoms with E-state index < -0.39 is 0 Å². The number of hydrogen-bond acceptors (Lipinski definition) is 3. The van der Waals surface area contributed by atoms with Crippen molar-refractivity contribution >= 4 is 38.8 Å². The van der Waals surface area contributed by atoms with Gasteiger partial charge in [-0.2, -0.15) is 0 Å². The van der Waals surface area contributed by atoms with E-state index in [0.717, 1.165) is 38.4 Å². The molecule has 0 aliphatic heterocycles. The van der Waals surface area contributed by atoms with E-state index in [1.807, 2.05) is 54.6 Å². The molecule has 0 aliphatic carbocycles. The molecule has 122 valence electrons. The standard InChI is InChI=1S/C22H16O2S/c1-14(25)24-22-13-11-18(16-7-3-5-9-20(16)22)17-10-12-21(23)19-8-4-2-6-15(17)19/h2-13,23H,1H3. The zero-order chi connectivity index (χ0) is 17.4. The third-order valence-corrected chi connectivity index (χ3v) is 4.41. The predicted molar refractivity (Wildman–Crippen MR) is 107 cm³/mol. The summed E-state index contributed by atoms with van der Waals surface area (Å²) in [6.45, 7) is 1.77. The number of benzene rings is 4. The molecule has 0 fully saturated rings. The fourth-order valence-electron chi connectivity index (χ4n) is 3.27. The maximum Gasteiger partial charge on any atom is 0.164 e. The Balaban J connectivity index is 2.03. The van der Waals surface area contributed by atoms with E-state index in [4.69, 9.17) is 17.0 Å². The summed E-state index contributed by atoms with van der Waals surface area (Å²) >= 11 is 5.09. The van der Waals surface area contributed by atoms with Crippen molar-refractivity contribution in [2.45, 2.75) is 6.92 Å². The highest BCUT2D eigenvalue weighted by Crippen LogP contribution is 2.39. The van der Waals surface area contributed by atoms with Crippen LogP contribution in [0.4, 0.5) is 0 Å². The van der Waals surface area contributed by atoms with Gasteiger partial charge in [0, 0.05) is 17.7 Å². The first-order valence-electron chi connectivity index (χ1n) is 8.06. The van der Waals surface area contributed by atoms with Gasteiger partial charge < -0.3 is 9.84 Å². The molecule has 0 aliphatic rings. The second kappa shape index (κ2) is 6.19. The molecule has 0 unspecified atom stereocenters. The lowest BCUT2D eigenvalue weighted by Gasteiger charge is -2.14. The van der Waals surface area contributed by atoms with Gasteiger partial charge in [-0.1, -0.05) is 60.7 Å². The van der Waals surface area contributed by atoms with Crippen LogP contribution in [0.3, 0.4) is 0 Å². The molecular weight excluding hydrogens is 328 g/mol. The topological polar surface area (TPSA) is 29.5 Å². The van der Waals surface area contributed by atoms with Crippen LogP contribution in [0, 0.1) is 0 Å². The highest BCUT2D eigenvalue weighted by atomic mass is 32.1. The molecule has 0 atom stereocenters. The van der Waals surface area contributed by atoms with Crippen LogP contribution in [-0.4, -0.2) is 10.2 Å². The van der Waals surface area contributed by atoms with Crippen molar-refractivity contribution in [2.24, 2.45) is 0 Å².